The Morgan fingerprint density at radius 2 is 1.35 bits per heavy atom. The molecule has 4 rings (SSSR count). The first kappa shape index (κ1) is 20.7. The number of carbonyl (C=O) groups excluding carboxylic acids is 2. The number of rotatable bonds is 5. The fourth-order valence-electron chi connectivity index (χ4n) is 3.94. The van der Waals surface area contributed by atoms with Crippen molar-refractivity contribution in [1.82, 2.24) is 4.90 Å². The summed E-state index contributed by atoms with van der Waals surface area (Å²) >= 11 is 0. The summed E-state index contributed by atoms with van der Waals surface area (Å²) in [7, 11) is 0. The fraction of sp³-hybridized carbons (Fsp3) is 0.231. The lowest BCUT2D eigenvalue weighted by Gasteiger charge is -2.34. The molecule has 1 saturated heterocycles. The Balaban J connectivity index is 1.41. The maximum Gasteiger partial charge on any atom is 0.321 e. The fourth-order valence-corrected chi connectivity index (χ4v) is 3.94. The maximum atomic E-state index is 13.5. The summed E-state index contributed by atoms with van der Waals surface area (Å²) in [5.74, 6) is 0.0304. The molecule has 0 aromatic heterocycles. The molecule has 0 spiro atoms. The number of para-hydroxylation sites is 2. The third-order valence-corrected chi connectivity index (χ3v) is 5.67. The summed E-state index contributed by atoms with van der Waals surface area (Å²) in [6, 6.07) is 29.2. The molecule has 3 aromatic carbocycles. The number of likely N-dealkylation sites (tertiary alicyclic amines) is 1. The van der Waals surface area contributed by atoms with E-state index in [0.717, 1.165) is 16.9 Å². The van der Waals surface area contributed by atoms with Gasteiger partial charge in [-0.25, -0.2) is 4.79 Å². The highest BCUT2D eigenvalue weighted by Crippen LogP contribution is 2.25. The molecule has 158 valence electrons. The summed E-state index contributed by atoms with van der Waals surface area (Å²) in [5, 5.41) is 2.93. The van der Waals surface area contributed by atoms with Gasteiger partial charge in [0.25, 0.3) is 0 Å². The molecule has 0 unspecified atom stereocenters. The smallest absolute Gasteiger partial charge is 0.321 e. The predicted molar refractivity (Wildman–Crippen MR) is 124 cm³/mol. The number of amides is 3. The normalized spacial score (nSPS) is 14.1. The molecule has 1 fully saturated rings. The second kappa shape index (κ2) is 9.94. The number of hydrogen-bond donors (Lipinski definition) is 1. The van der Waals surface area contributed by atoms with E-state index in [1.54, 1.807) is 4.90 Å². The summed E-state index contributed by atoms with van der Waals surface area (Å²) in [6.45, 7) is 1.68. The monoisotopic (exact) mass is 413 g/mol. The number of nitrogens with zero attached hydrogens (tertiary/aromatic N) is 2. The number of anilines is 2. The molecule has 0 aliphatic carbocycles. The van der Waals surface area contributed by atoms with Crippen molar-refractivity contribution in [2.75, 3.05) is 23.3 Å². The summed E-state index contributed by atoms with van der Waals surface area (Å²) in [6.07, 6.45) is 1.33. The van der Waals surface area contributed by atoms with Crippen LogP contribution >= 0.6 is 0 Å². The molecule has 1 aliphatic heterocycles. The first-order valence-corrected chi connectivity index (χ1v) is 10.7. The largest absolute Gasteiger partial charge is 0.324 e. The van der Waals surface area contributed by atoms with Gasteiger partial charge in [-0.1, -0.05) is 66.7 Å². The minimum atomic E-state index is -0.110. The number of piperidine rings is 1. The van der Waals surface area contributed by atoms with Crippen molar-refractivity contribution >= 4 is 23.3 Å². The van der Waals surface area contributed by atoms with Gasteiger partial charge in [0.05, 0.1) is 6.54 Å². The van der Waals surface area contributed by atoms with E-state index in [9.17, 15) is 9.59 Å². The van der Waals surface area contributed by atoms with Crippen LogP contribution in [-0.4, -0.2) is 29.9 Å². The number of benzene rings is 3. The lowest BCUT2D eigenvalue weighted by Crippen LogP contribution is -2.45. The van der Waals surface area contributed by atoms with Crippen LogP contribution in [0.25, 0.3) is 0 Å². The average molecular weight is 414 g/mol. The second-order valence-corrected chi connectivity index (χ2v) is 7.80. The van der Waals surface area contributed by atoms with E-state index in [-0.39, 0.29) is 17.9 Å². The van der Waals surface area contributed by atoms with E-state index >= 15 is 0 Å². The van der Waals surface area contributed by atoms with Gasteiger partial charge in [0.2, 0.25) is 5.91 Å². The minimum absolute atomic E-state index is 0.0929. The standard InChI is InChI=1S/C26H27N3O2/c30-25(29(24-14-8-3-9-15-24)20-21-10-4-1-5-11-21)22-16-18-28(19-17-22)26(31)27-23-12-6-2-7-13-23/h1-15,22H,16-20H2,(H,27,31). The molecule has 3 amide bonds. The molecular weight excluding hydrogens is 386 g/mol. The quantitative estimate of drug-likeness (QED) is 0.628. The molecule has 3 aromatic rings. The average Bonchev–Trinajstić information content (AvgIpc) is 2.84. The molecule has 0 bridgehead atoms. The molecule has 1 N–H and O–H groups in total. The maximum absolute atomic E-state index is 13.5. The van der Waals surface area contributed by atoms with Crippen LogP contribution in [0.3, 0.4) is 0 Å². The van der Waals surface area contributed by atoms with Crippen LogP contribution in [0.4, 0.5) is 16.2 Å². The third-order valence-electron chi connectivity index (χ3n) is 5.67. The van der Waals surface area contributed by atoms with Crippen LogP contribution in [-0.2, 0) is 11.3 Å². The van der Waals surface area contributed by atoms with Gasteiger partial charge in [0.1, 0.15) is 0 Å². The SMILES string of the molecule is O=C(Nc1ccccc1)N1CCC(C(=O)N(Cc2ccccc2)c2ccccc2)CC1. The van der Waals surface area contributed by atoms with Crippen molar-refractivity contribution in [3.63, 3.8) is 0 Å². The highest BCUT2D eigenvalue weighted by atomic mass is 16.2. The van der Waals surface area contributed by atoms with Crippen LogP contribution in [0.1, 0.15) is 18.4 Å². The van der Waals surface area contributed by atoms with E-state index < -0.39 is 0 Å². The van der Waals surface area contributed by atoms with Gasteiger partial charge in [-0.15, -0.1) is 0 Å². The Labute approximate surface area is 183 Å². The van der Waals surface area contributed by atoms with E-state index in [1.807, 2.05) is 95.9 Å². The number of carbonyl (C=O) groups is 2. The molecule has 5 nitrogen and oxygen atoms in total. The van der Waals surface area contributed by atoms with Crippen molar-refractivity contribution in [2.45, 2.75) is 19.4 Å². The molecule has 1 aliphatic rings. The third kappa shape index (κ3) is 5.31. The van der Waals surface area contributed by atoms with Crippen LogP contribution in [0, 0.1) is 5.92 Å². The second-order valence-electron chi connectivity index (χ2n) is 7.80. The topological polar surface area (TPSA) is 52.7 Å². The minimum Gasteiger partial charge on any atom is -0.324 e. The Morgan fingerprint density at radius 1 is 0.806 bits per heavy atom. The molecule has 0 atom stereocenters. The van der Waals surface area contributed by atoms with Crippen LogP contribution in [0.5, 0.6) is 0 Å². The molecule has 1 heterocycles. The first-order valence-electron chi connectivity index (χ1n) is 10.7. The van der Waals surface area contributed by atoms with Gasteiger partial charge in [-0.05, 0) is 42.7 Å². The molecular formula is C26H27N3O2. The Kier molecular flexibility index (Phi) is 6.62. The van der Waals surface area contributed by atoms with E-state index in [1.165, 1.54) is 0 Å². The van der Waals surface area contributed by atoms with E-state index in [2.05, 4.69) is 5.32 Å². The van der Waals surface area contributed by atoms with Gasteiger partial charge >= 0.3 is 6.03 Å². The zero-order valence-corrected chi connectivity index (χ0v) is 17.5. The lowest BCUT2D eigenvalue weighted by atomic mass is 9.95. The van der Waals surface area contributed by atoms with Gasteiger partial charge < -0.3 is 15.1 Å². The number of nitrogens with one attached hydrogen (secondary N) is 1. The zero-order valence-electron chi connectivity index (χ0n) is 17.5. The van der Waals surface area contributed by atoms with Crippen LogP contribution in [0.15, 0.2) is 91.0 Å². The van der Waals surface area contributed by atoms with Crippen molar-refractivity contribution in [3.8, 4) is 0 Å². The van der Waals surface area contributed by atoms with Crippen molar-refractivity contribution < 1.29 is 9.59 Å². The molecule has 0 radical (unpaired) electrons. The Bertz CT molecular complexity index is 985. The van der Waals surface area contributed by atoms with Crippen molar-refractivity contribution in [3.05, 3.63) is 96.6 Å². The first-order chi connectivity index (χ1) is 15.2. The highest BCUT2D eigenvalue weighted by molar-refractivity contribution is 5.95. The van der Waals surface area contributed by atoms with E-state index in [4.69, 9.17) is 0 Å². The summed E-state index contributed by atoms with van der Waals surface area (Å²) in [5.41, 5.74) is 2.78. The lowest BCUT2D eigenvalue weighted by molar-refractivity contribution is -0.123. The zero-order chi connectivity index (χ0) is 21.5. The van der Waals surface area contributed by atoms with Gasteiger partial charge in [-0.3, -0.25) is 4.79 Å². The highest BCUT2D eigenvalue weighted by Gasteiger charge is 2.31. The molecule has 0 saturated carbocycles. The van der Waals surface area contributed by atoms with E-state index in [0.29, 0.717) is 32.5 Å². The molecule has 31 heavy (non-hydrogen) atoms. The van der Waals surface area contributed by atoms with Gasteiger partial charge in [0.15, 0.2) is 0 Å². The predicted octanol–water partition coefficient (Wildman–Crippen LogP) is 5.16. The Hall–Kier alpha value is -3.60. The summed E-state index contributed by atoms with van der Waals surface area (Å²) in [4.78, 5) is 29.7. The summed E-state index contributed by atoms with van der Waals surface area (Å²) < 4.78 is 0. The van der Waals surface area contributed by atoms with Gasteiger partial charge in [-0.2, -0.15) is 0 Å². The number of urea groups is 1. The van der Waals surface area contributed by atoms with Crippen molar-refractivity contribution in [2.24, 2.45) is 5.92 Å². The van der Waals surface area contributed by atoms with Crippen LogP contribution in [0.2, 0.25) is 0 Å². The van der Waals surface area contributed by atoms with Crippen LogP contribution < -0.4 is 10.2 Å². The van der Waals surface area contributed by atoms with Crippen molar-refractivity contribution in [1.29, 1.82) is 0 Å². The number of hydrogen-bond acceptors (Lipinski definition) is 2. The van der Waals surface area contributed by atoms with Gasteiger partial charge in [0, 0.05) is 30.4 Å². The Morgan fingerprint density at radius 3 is 1.97 bits per heavy atom. The molecule has 5 heteroatoms.